The first-order chi connectivity index (χ1) is 15.8. The Morgan fingerprint density at radius 1 is 1.00 bits per heavy atom. The van der Waals surface area contributed by atoms with E-state index < -0.39 is 0 Å². The van der Waals surface area contributed by atoms with Crippen LogP contribution in [0.4, 0.5) is 0 Å². The van der Waals surface area contributed by atoms with Crippen LogP contribution in [0.1, 0.15) is 18.4 Å². The molecule has 1 saturated heterocycles. The van der Waals surface area contributed by atoms with E-state index in [-0.39, 0.29) is 6.10 Å². The standard InChI is InChI=1S/C26H27N5O/c1-27-21-10-13-32-22(16-21)14-18-5-7-19(8-6-18)25-15-20(9-12-29-25)23-17-30-31-26(23)24-4-2-3-11-28-24/h2-9,11-12,15,17,21-22,27H,10,13-14,16H2,1H3,(H,30,31). The van der Waals surface area contributed by atoms with E-state index in [2.05, 4.69) is 55.8 Å². The number of nitrogens with zero attached hydrogens (tertiary/aromatic N) is 3. The summed E-state index contributed by atoms with van der Waals surface area (Å²) in [5.74, 6) is 0. The Balaban J connectivity index is 1.35. The predicted octanol–water partition coefficient (Wildman–Crippen LogP) is 4.51. The highest BCUT2D eigenvalue weighted by atomic mass is 16.5. The number of nitrogens with one attached hydrogen (secondary N) is 2. The lowest BCUT2D eigenvalue weighted by atomic mass is 9.96. The maximum atomic E-state index is 5.97. The van der Waals surface area contributed by atoms with Crippen LogP contribution in [0.2, 0.25) is 0 Å². The first-order valence-electron chi connectivity index (χ1n) is 11.1. The fraction of sp³-hybridized carbons (Fsp3) is 0.269. The smallest absolute Gasteiger partial charge is 0.0912 e. The number of aromatic nitrogens is 4. The summed E-state index contributed by atoms with van der Waals surface area (Å²) in [5.41, 5.74) is 7.17. The van der Waals surface area contributed by atoms with Crippen molar-refractivity contribution in [1.82, 2.24) is 25.5 Å². The Hall–Kier alpha value is -3.35. The van der Waals surface area contributed by atoms with E-state index in [4.69, 9.17) is 4.74 Å². The third-order valence-electron chi connectivity index (χ3n) is 6.12. The molecule has 5 rings (SSSR count). The van der Waals surface area contributed by atoms with Crippen molar-refractivity contribution in [1.29, 1.82) is 0 Å². The van der Waals surface area contributed by atoms with Gasteiger partial charge in [-0.05, 0) is 61.7 Å². The molecule has 2 unspecified atom stereocenters. The van der Waals surface area contributed by atoms with Gasteiger partial charge in [-0.25, -0.2) is 0 Å². The lowest BCUT2D eigenvalue weighted by Gasteiger charge is -2.29. The van der Waals surface area contributed by atoms with Gasteiger partial charge in [0.05, 0.1) is 29.4 Å². The molecule has 162 valence electrons. The average molecular weight is 426 g/mol. The van der Waals surface area contributed by atoms with Gasteiger partial charge >= 0.3 is 0 Å². The van der Waals surface area contributed by atoms with Crippen LogP contribution in [0.5, 0.6) is 0 Å². The minimum absolute atomic E-state index is 0.277. The zero-order chi connectivity index (χ0) is 21.8. The summed E-state index contributed by atoms with van der Waals surface area (Å²) in [6, 6.07) is 19.2. The largest absolute Gasteiger partial charge is 0.378 e. The molecule has 1 aliphatic heterocycles. The van der Waals surface area contributed by atoms with Crippen molar-refractivity contribution in [2.75, 3.05) is 13.7 Å². The van der Waals surface area contributed by atoms with Crippen molar-refractivity contribution in [2.24, 2.45) is 0 Å². The van der Waals surface area contributed by atoms with E-state index in [1.807, 2.05) is 43.7 Å². The second-order valence-corrected chi connectivity index (χ2v) is 8.21. The molecule has 0 aliphatic carbocycles. The number of aromatic amines is 1. The Morgan fingerprint density at radius 3 is 2.69 bits per heavy atom. The number of benzene rings is 1. The zero-order valence-corrected chi connectivity index (χ0v) is 18.2. The fourth-order valence-electron chi connectivity index (χ4n) is 4.33. The van der Waals surface area contributed by atoms with Crippen LogP contribution in [-0.2, 0) is 11.2 Å². The van der Waals surface area contributed by atoms with E-state index in [9.17, 15) is 0 Å². The number of ether oxygens (including phenoxy) is 1. The molecule has 0 radical (unpaired) electrons. The van der Waals surface area contributed by atoms with Gasteiger partial charge < -0.3 is 10.1 Å². The maximum absolute atomic E-state index is 5.97. The summed E-state index contributed by atoms with van der Waals surface area (Å²) in [4.78, 5) is 9.06. The topological polar surface area (TPSA) is 75.7 Å². The normalized spacial score (nSPS) is 18.5. The summed E-state index contributed by atoms with van der Waals surface area (Å²) in [6.07, 6.45) is 8.85. The lowest BCUT2D eigenvalue weighted by Crippen LogP contribution is -2.37. The van der Waals surface area contributed by atoms with E-state index >= 15 is 0 Å². The molecule has 4 aromatic rings. The van der Waals surface area contributed by atoms with Gasteiger partial charge in [-0.1, -0.05) is 30.3 Å². The van der Waals surface area contributed by atoms with Crippen molar-refractivity contribution in [3.8, 4) is 33.8 Å². The van der Waals surface area contributed by atoms with Gasteiger partial charge in [-0.15, -0.1) is 0 Å². The van der Waals surface area contributed by atoms with Gasteiger partial charge in [-0.2, -0.15) is 5.10 Å². The molecule has 1 aliphatic rings. The molecule has 0 saturated carbocycles. The zero-order valence-electron chi connectivity index (χ0n) is 18.2. The van der Waals surface area contributed by atoms with Crippen molar-refractivity contribution < 1.29 is 4.74 Å². The number of pyridine rings is 2. The second kappa shape index (κ2) is 9.42. The highest BCUT2D eigenvalue weighted by molar-refractivity contribution is 5.80. The number of H-pyrrole nitrogens is 1. The van der Waals surface area contributed by atoms with Crippen LogP contribution >= 0.6 is 0 Å². The van der Waals surface area contributed by atoms with Crippen molar-refractivity contribution >= 4 is 0 Å². The molecular formula is C26H27N5O. The Kier molecular flexibility index (Phi) is 6.05. The van der Waals surface area contributed by atoms with Crippen molar-refractivity contribution in [3.05, 3.63) is 78.8 Å². The van der Waals surface area contributed by atoms with E-state index in [0.29, 0.717) is 6.04 Å². The predicted molar refractivity (Wildman–Crippen MR) is 126 cm³/mol. The van der Waals surface area contributed by atoms with Crippen molar-refractivity contribution in [3.63, 3.8) is 0 Å². The summed E-state index contributed by atoms with van der Waals surface area (Å²) in [6.45, 7) is 0.833. The quantitative estimate of drug-likeness (QED) is 0.475. The molecular weight excluding hydrogens is 398 g/mol. The SMILES string of the molecule is CNC1CCOC(Cc2ccc(-c3cc(-c4cn[nH]c4-c4ccccn4)ccn3)cc2)C1. The van der Waals surface area contributed by atoms with Crippen LogP contribution in [0.15, 0.2) is 73.2 Å². The molecule has 2 N–H and O–H groups in total. The van der Waals surface area contributed by atoms with E-state index in [1.54, 1.807) is 6.20 Å². The summed E-state index contributed by atoms with van der Waals surface area (Å²) in [7, 11) is 2.03. The molecule has 3 aromatic heterocycles. The van der Waals surface area contributed by atoms with Crippen LogP contribution in [0, 0.1) is 0 Å². The number of hydrogen-bond acceptors (Lipinski definition) is 5. The highest BCUT2D eigenvalue weighted by Crippen LogP contribution is 2.31. The van der Waals surface area contributed by atoms with E-state index in [1.165, 1.54) is 5.56 Å². The third-order valence-corrected chi connectivity index (χ3v) is 6.12. The van der Waals surface area contributed by atoms with E-state index in [0.717, 1.165) is 59.6 Å². The highest BCUT2D eigenvalue weighted by Gasteiger charge is 2.21. The lowest BCUT2D eigenvalue weighted by molar-refractivity contribution is 0.00362. The first-order valence-corrected chi connectivity index (χ1v) is 11.1. The molecule has 0 bridgehead atoms. The molecule has 0 spiro atoms. The minimum Gasteiger partial charge on any atom is -0.378 e. The Labute approximate surface area is 188 Å². The molecule has 4 heterocycles. The van der Waals surface area contributed by atoms with Crippen LogP contribution in [0.25, 0.3) is 33.8 Å². The molecule has 2 atom stereocenters. The second-order valence-electron chi connectivity index (χ2n) is 8.21. The van der Waals surface area contributed by atoms with Gasteiger partial charge in [0.1, 0.15) is 0 Å². The maximum Gasteiger partial charge on any atom is 0.0912 e. The summed E-state index contributed by atoms with van der Waals surface area (Å²) < 4.78 is 5.97. The molecule has 1 aromatic carbocycles. The third kappa shape index (κ3) is 4.47. The summed E-state index contributed by atoms with van der Waals surface area (Å²) >= 11 is 0. The molecule has 6 nitrogen and oxygen atoms in total. The molecule has 0 amide bonds. The Morgan fingerprint density at radius 2 is 1.88 bits per heavy atom. The molecule has 32 heavy (non-hydrogen) atoms. The van der Waals surface area contributed by atoms with Gasteiger partial charge in [-0.3, -0.25) is 15.1 Å². The minimum atomic E-state index is 0.277. The monoisotopic (exact) mass is 425 g/mol. The molecule has 1 fully saturated rings. The summed E-state index contributed by atoms with van der Waals surface area (Å²) in [5, 5.41) is 10.7. The van der Waals surface area contributed by atoms with Crippen LogP contribution < -0.4 is 5.32 Å². The average Bonchev–Trinajstić information content (AvgIpc) is 3.35. The van der Waals surface area contributed by atoms with Crippen LogP contribution in [0.3, 0.4) is 0 Å². The van der Waals surface area contributed by atoms with Crippen molar-refractivity contribution in [2.45, 2.75) is 31.4 Å². The van der Waals surface area contributed by atoms with Gasteiger partial charge in [0.25, 0.3) is 0 Å². The van der Waals surface area contributed by atoms with Gasteiger partial charge in [0.2, 0.25) is 0 Å². The Bertz CT molecular complexity index is 1160. The number of rotatable bonds is 6. The fourth-order valence-corrected chi connectivity index (χ4v) is 4.33. The number of hydrogen-bond donors (Lipinski definition) is 2. The van der Waals surface area contributed by atoms with Crippen LogP contribution in [-0.4, -0.2) is 46.0 Å². The first kappa shape index (κ1) is 20.5. The van der Waals surface area contributed by atoms with Gasteiger partial charge in [0.15, 0.2) is 0 Å². The van der Waals surface area contributed by atoms with Gasteiger partial charge in [0, 0.05) is 36.2 Å². The molecule has 6 heteroatoms.